The molecule has 0 atom stereocenters. The van der Waals surface area contributed by atoms with Crippen LogP contribution in [0.4, 0.5) is 0 Å². The lowest BCUT2D eigenvalue weighted by molar-refractivity contribution is 0.0887. The highest BCUT2D eigenvalue weighted by molar-refractivity contribution is 5.14. The van der Waals surface area contributed by atoms with Crippen LogP contribution in [0.15, 0.2) is 34.7 Å². The number of benzene rings is 1. The molecule has 1 aliphatic carbocycles. The Hall–Kier alpha value is -1.61. The van der Waals surface area contributed by atoms with Crippen LogP contribution in [0.3, 0.4) is 0 Å². The van der Waals surface area contributed by atoms with Gasteiger partial charge in [0.2, 0.25) is 5.89 Å². The summed E-state index contributed by atoms with van der Waals surface area (Å²) in [7, 11) is 0. The summed E-state index contributed by atoms with van der Waals surface area (Å²) in [5.74, 6) is 1.79. The fourth-order valence-corrected chi connectivity index (χ4v) is 2.30. The Bertz CT molecular complexity index is 481. The maximum atomic E-state index is 5.71. The molecule has 3 rings (SSSR count). The molecule has 0 aliphatic heterocycles. The van der Waals surface area contributed by atoms with Crippen molar-refractivity contribution in [3.8, 4) is 0 Å². The van der Waals surface area contributed by atoms with Crippen LogP contribution in [0.25, 0.3) is 0 Å². The highest BCUT2D eigenvalue weighted by Crippen LogP contribution is 2.22. The summed E-state index contributed by atoms with van der Waals surface area (Å²) in [6.45, 7) is 1.07. The molecular weight excluding hydrogens is 226 g/mol. The Kier molecular flexibility index (Phi) is 3.42. The van der Waals surface area contributed by atoms with Crippen LogP contribution >= 0.6 is 0 Å². The van der Waals surface area contributed by atoms with Crippen LogP contribution in [0.1, 0.15) is 35.7 Å². The summed E-state index contributed by atoms with van der Waals surface area (Å²) < 4.78 is 11.3. The molecule has 1 heterocycles. The van der Waals surface area contributed by atoms with E-state index in [1.165, 1.54) is 18.4 Å². The van der Waals surface area contributed by atoms with Gasteiger partial charge in [0.25, 0.3) is 0 Å². The Morgan fingerprint density at radius 3 is 2.72 bits per heavy atom. The van der Waals surface area contributed by atoms with Crippen LogP contribution in [0, 0.1) is 0 Å². The summed E-state index contributed by atoms with van der Waals surface area (Å²) in [6.07, 6.45) is 4.52. The average molecular weight is 243 g/mol. The molecule has 0 fully saturated rings. The van der Waals surface area contributed by atoms with E-state index in [-0.39, 0.29) is 0 Å². The van der Waals surface area contributed by atoms with Gasteiger partial charge in [0.1, 0.15) is 12.4 Å². The lowest BCUT2D eigenvalue weighted by Crippen LogP contribution is -1.99. The second-order valence-electron chi connectivity index (χ2n) is 4.66. The highest BCUT2D eigenvalue weighted by atomic mass is 16.5. The molecule has 2 aromatic rings. The van der Waals surface area contributed by atoms with Crippen LogP contribution in [0.2, 0.25) is 0 Å². The second-order valence-corrected chi connectivity index (χ2v) is 4.66. The Morgan fingerprint density at radius 1 is 1.06 bits per heavy atom. The summed E-state index contributed by atoms with van der Waals surface area (Å²) in [4.78, 5) is 4.49. The van der Waals surface area contributed by atoms with Crippen molar-refractivity contribution in [3.63, 3.8) is 0 Å². The standard InChI is InChI=1S/C15H17NO2/c1-2-6-12(7-3-1)10-17-11-15-16-13-8-4-5-9-14(13)18-15/h1-3,6-7H,4-5,8-11H2. The van der Waals surface area contributed by atoms with Crippen LogP contribution in [-0.4, -0.2) is 4.98 Å². The van der Waals surface area contributed by atoms with E-state index in [0.717, 1.165) is 30.2 Å². The predicted octanol–water partition coefficient (Wildman–Crippen LogP) is 3.27. The van der Waals surface area contributed by atoms with Crippen molar-refractivity contribution in [1.82, 2.24) is 4.98 Å². The van der Waals surface area contributed by atoms with E-state index in [2.05, 4.69) is 17.1 Å². The molecule has 0 amide bonds. The number of oxazole rings is 1. The van der Waals surface area contributed by atoms with Gasteiger partial charge in [0, 0.05) is 6.42 Å². The third-order valence-electron chi connectivity index (χ3n) is 3.23. The smallest absolute Gasteiger partial charge is 0.220 e. The van der Waals surface area contributed by atoms with Gasteiger partial charge in [-0.3, -0.25) is 0 Å². The summed E-state index contributed by atoms with van der Waals surface area (Å²) >= 11 is 0. The highest BCUT2D eigenvalue weighted by Gasteiger charge is 2.16. The van der Waals surface area contributed by atoms with Crippen LogP contribution in [0.5, 0.6) is 0 Å². The Morgan fingerprint density at radius 2 is 1.89 bits per heavy atom. The minimum atomic E-state index is 0.460. The van der Waals surface area contributed by atoms with E-state index in [1.807, 2.05) is 18.2 Å². The van der Waals surface area contributed by atoms with Crippen molar-refractivity contribution in [2.45, 2.75) is 38.9 Å². The first kappa shape index (κ1) is 11.5. The number of aromatic nitrogens is 1. The topological polar surface area (TPSA) is 35.3 Å². The minimum absolute atomic E-state index is 0.460. The monoisotopic (exact) mass is 243 g/mol. The predicted molar refractivity (Wildman–Crippen MR) is 68.1 cm³/mol. The Labute approximate surface area is 107 Å². The van der Waals surface area contributed by atoms with E-state index in [4.69, 9.17) is 9.15 Å². The third-order valence-corrected chi connectivity index (χ3v) is 3.23. The van der Waals surface area contributed by atoms with Gasteiger partial charge in [0.05, 0.1) is 12.3 Å². The number of hydrogen-bond donors (Lipinski definition) is 0. The van der Waals surface area contributed by atoms with Crippen LogP contribution < -0.4 is 0 Å². The molecule has 94 valence electrons. The van der Waals surface area contributed by atoms with Gasteiger partial charge in [-0.15, -0.1) is 0 Å². The Balaban J connectivity index is 1.55. The normalized spacial score (nSPS) is 14.4. The number of nitrogens with zero attached hydrogens (tertiary/aromatic N) is 1. The summed E-state index contributed by atoms with van der Waals surface area (Å²) in [5, 5.41) is 0. The molecule has 0 bridgehead atoms. The maximum Gasteiger partial charge on any atom is 0.220 e. The zero-order valence-electron chi connectivity index (χ0n) is 10.4. The molecule has 0 radical (unpaired) electrons. The minimum Gasteiger partial charge on any atom is -0.443 e. The van der Waals surface area contributed by atoms with E-state index in [0.29, 0.717) is 13.2 Å². The van der Waals surface area contributed by atoms with Crippen molar-refractivity contribution < 1.29 is 9.15 Å². The lowest BCUT2D eigenvalue weighted by Gasteiger charge is -2.05. The first-order valence-corrected chi connectivity index (χ1v) is 6.51. The van der Waals surface area contributed by atoms with Crippen molar-refractivity contribution >= 4 is 0 Å². The van der Waals surface area contributed by atoms with E-state index in [1.54, 1.807) is 0 Å². The van der Waals surface area contributed by atoms with Crippen LogP contribution in [-0.2, 0) is 30.8 Å². The summed E-state index contributed by atoms with van der Waals surface area (Å²) in [5.41, 5.74) is 2.31. The van der Waals surface area contributed by atoms with Crippen molar-refractivity contribution in [2.24, 2.45) is 0 Å². The maximum absolute atomic E-state index is 5.71. The number of aryl methyl sites for hydroxylation is 2. The van der Waals surface area contributed by atoms with Gasteiger partial charge in [-0.25, -0.2) is 4.98 Å². The molecule has 0 spiro atoms. The van der Waals surface area contributed by atoms with Gasteiger partial charge in [-0.05, 0) is 24.8 Å². The number of rotatable bonds is 4. The van der Waals surface area contributed by atoms with Gasteiger partial charge in [-0.2, -0.15) is 0 Å². The number of ether oxygens (including phenoxy) is 1. The first-order valence-electron chi connectivity index (χ1n) is 6.51. The zero-order chi connectivity index (χ0) is 12.2. The largest absolute Gasteiger partial charge is 0.443 e. The molecule has 18 heavy (non-hydrogen) atoms. The SMILES string of the molecule is c1ccc(COCc2nc3c(o2)CCCC3)cc1. The van der Waals surface area contributed by atoms with Gasteiger partial charge < -0.3 is 9.15 Å². The summed E-state index contributed by atoms with van der Waals surface area (Å²) in [6, 6.07) is 10.2. The van der Waals surface area contributed by atoms with E-state index < -0.39 is 0 Å². The molecule has 3 heteroatoms. The molecule has 0 saturated carbocycles. The van der Waals surface area contributed by atoms with Crippen molar-refractivity contribution in [3.05, 3.63) is 53.2 Å². The molecule has 0 saturated heterocycles. The fraction of sp³-hybridized carbons (Fsp3) is 0.400. The fourth-order valence-electron chi connectivity index (χ4n) is 2.30. The first-order chi connectivity index (χ1) is 8.92. The quantitative estimate of drug-likeness (QED) is 0.826. The van der Waals surface area contributed by atoms with Gasteiger partial charge >= 0.3 is 0 Å². The molecule has 0 N–H and O–H groups in total. The number of fused-ring (bicyclic) bond motifs is 1. The molecule has 1 aliphatic rings. The molecule has 1 aromatic heterocycles. The molecule has 3 nitrogen and oxygen atoms in total. The van der Waals surface area contributed by atoms with Gasteiger partial charge in [-0.1, -0.05) is 30.3 Å². The second kappa shape index (κ2) is 5.36. The zero-order valence-corrected chi connectivity index (χ0v) is 10.4. The van der Waals surface area contributed by atoms with E-state index >= 15 is 0 Å². The van der Waals surface area contributed by atoms with Gasteiger partial charge in [0.15, 0.2) is 0 Å². The van der Waals surface area contributed by atoms with Crippen molar-refractivity contribution in [2.75, 3.05) is 0 Å². The molecule has 0 unspecified atom stereocenters. The van der Waals surface area contributed by atoms with E-state index in [9.17, 15) is 0 Å². The molecular formula is C15H17NO2. The third kappa shape index (κ3) is 2.62. The lowest BCUT2D eigenvalue weighted by atomic mass is 10.0. The van der Waals surface area contributed by atoms with Crippen molar-refractivity contribution in [1.29, 1.82) is 0 Å². The average Bonchev–Trinajstić information content (AvgIpc) is 2.82. The molecule has 1 aromatic carbocycles. The number of hydrogen-bond acceptors (Lipinski definition) is 3.